The fraction of sp³-hybridized carbons (Fsp3) is 0.0714. The van der Waals surface area contributed by atoms with Gasteiger partial charge < -0.3 is 0 Å². The number of isocyanates is 1. The van der Waals surface area contributed by atoms with E-state index in [2.05, 4.69) is 35.3 Å². The van der Waals surface area contributed by atoms with E-state index in [1.807, 2.05) is 12.1 Å². The van der Waals surface area contributed by atoms with Crippen LogP contribution in [0.15, 0.2) is 47.5 Å². The highest BCUT2D eigenvalue weighted by atomic mass is 16.1. The molecule has 0 heterocycles. The number of nitrogens with zero attached hydrogens (tertiary/aromatic N) is 1. The standard InChI is InChI=1S/C14H9NO/c16-9-15-14-8-11-3-6-13(14)12-4-1-10(7-11)2-5-12/h1-6,8H,7H2. The van der Waals surface area contributed by atoms with Crippen LogP contribution in [0.1, 0.15) is 11.1 Å². The number of aliphatic imine (C=N–C) groups is 1. The largest absolute Gasteiger partial charge is 0.240 e. The molecule has 0 radical (unpaired) electrons. The van der Waals surface area contributed by atoms with Gasteiger partial charge in [0, 0.05) is 5.56 Å². The molecule has 6 rings (SSSR count). The summed E-state index contributed by atoms with van der Waals surface area (Å²) in [5.74, 6) is 0. The van der Waals surface area contributed by atoms with Gasteiger partial charge in [0.25, 0.3) is 0 Å². The monoisotopic (exact) mass is 207 g/mol. The number of rotatable bonds is 1. The second kappa shape index (κ2) is 3.44. The summed E-state index contributed by atoms with van der Waals surface area (Å²) in [4.78, 5) is 14.2. The van der Waals surface area contributed by atoms with Gasteiger partial charge in [-0.05, 0) is 29.2 Å². The number of benzene rings is 2. The second-order valence-electron chi connectivity index (χ2n) is 3.93. The van der Waals surface area contributed by atoms with Crippen LogP contribution < -0.4 is 0 Å². The number of carbonyl (C=O) groups excluding carboxylic acids is 1. The van der Waals surface area contributed by atoms with Crippen LogP contribution in [0, 0.1) is 0 Å². The summed E-state index contributed by atoms with van der Waals surface area (Å²) < 4.78 is 0. The third-order valence-corrected chi connectivity index (χ3v) is 2.90. The Kier molecular flexibility index (Phi) is 1.95. The zero-order valence-electron chi connectivity index (χ0n) is 8.60. The Labute approximate surface area is 93.3 Å². The SMILES string of the molecule is O=C=Nc1cc2ccc1-c1ccc(cc1)C2. The fourth-order valence-electron chi connectivity index (χ4n) is 2.11. The number of hydrogen-bond acceptors (Lipinski definition) is 2. The van der Waals surface area contributed by atoms with E-state index in [0.717, 1.165) is 17.5 Å². The molecule has 0 saturated heterocycles. The van der Waals surface area contributed by atoms with Gasteiger partial charge in [-0.15, -0.1) is 0 Å². The van der Waals surface area contributed by atoms with E-state index < -0.39 is 0 Å². The van der Waals surface area contributed by atoms with Gasteiger partial charge in [-0.3, -0.25) is 0 Å². The van der Waals surface area contributed by atoms with E-state index in [9.17, 15) is 4.79 Å². The molecular formula is C14H9NO. The summed E-state index contributed by atoms with van der Waals surface area (Å²) >= 11 is 0. The zero-order chi connectivity index (χ0) is 11.0. The fourth-order valence-corrected chi connectivity index (χ4v) is 2.11. The molecule has 2 aromatic rings. The predicted molar refractivity (Wildman–Crippen MR) is 62.5 cm³/mol. The molecule has 0 fully saturated rings. The van der Waals surface area contributed by atoms with Gasteiger partial charge in [-0.25, -0.2) is 4.79 Å². The molecule has 0 unspecified atom stereocenters. The van der Waals surface area contributed by atoms with E-state index >= 15 is 0 Å². The molecule has 0 aromatic heterocycles. The maximum Gasteiger partial charge on any atom is 0.240 e. The van der Waals surface area contributed by atoms with Crippen LogP contribution in [0.2, 0.25) is 0 Å². The highest BCUT2D eigenvalue weighted by Crippen LogP contribution is 2.33. The van der Waals surface area contributed by atoms with Gasteiger partial charge in [0.05, 0.1) is 5.69 Å². The predicted octanol–water partition coefficient (Wildman–Crippen LogP) is 3.23. The second-order valence-corrected chi connectivity index (χ2v) is 3.93. The topological polar surface area (TPSA) is 29.4 Å². The Balaban J connectivity index is 2.36. The first-order valence-electron chi connectivity index (χ1n) is 5.17. The van der Waals surface area contributed by atoms with Crippen LogP contribution in [-0.4, -0.2) is 6.08 Å². The van der Waals surface area contributed by atoms with E-state index in [0.29, 0.717) is 5.69 Å². The van der Waals surface area contributed by atoms with Gasteiger partial charge in [0.1, 0.15) is 0 Å². The molecule has 4 aliphatic rings. The first kappa shape index (κ1) is 9.08. The molecule has 2 aromatic carbocycles. The van der Waals surface area contributed by atoms with Crippen molar-refractivity contribution in [2.45, 2.75) is 6.42 Å². The van der Waals surface area contributed by atoms with E-state index in [1.54, 1.807) is 6.08 Å². The normalized spacial score (nSPS) is 11.5. The van der Waals surface area contributed by atoms with Gasteiger partial charge in [0.15, 0.2) is 0 Å². The van der Waals surface area contributed by atoms with Crippen molar-refractivity contribution >= 4 is 11.8 Å². The average molecular weight is 207 g/mol. The van der Waals surface area contributed by atoms with Crippen LogP contribution in [0.5, 0.6) is 0 Å². The van der Waals surface area contributed by atoms with E-state index in [1.165, 1.54) is 11.1 Å². The van der Waals surface area contributed by atoms with Crippen LogP contribution in [0.25, 0.3) is 11.1 Å². The highest BCUT2D eigenvalue weighted by Gasteiger charge is 2.09. The highest BCUT2D eigenvalue weighted by molar-refractivity contribution is 5.78. The van der Waals surface area contributed by atoms with Gasteiger partial charge >= 0.3 is 0 Å². The van der Waals surface area contributed by atoms with E-state index in [-0.39, 0.29) is 0 Å². The summed E-state index contributed by atoms with van der Waals surface area (Å²) in [6.07, 6.45) is 2.50. The summed E-state index contributed by atoms with van der Waals surface area (Å²) in [6.45, 7) is 0. The first-order valence-corrected chi connectivity index (χ1v) is 5.17. The average Bonchev–Trinajstić information content (AvgIpc) is 2.49. The number of hydrogen-bond donors (Lipinski definition) is 0. The molecule has 0 atom stereocenters. The zero-order valence-corrected chi connectivity index (χ0v) is 8.60. The van der Waals surface area contributed by atoms with Crippen molar-refractivity contribution in [3.05, 3.63) is 53.6 Å². The van der Waals surface area contributed by atoms with Crippen LogP contribution in [0.3, 0.4) is 0 Å². The van der Waals surface area contributed by atoms with Gasteiger partial charge in [0.2, 0.25) is 6.08 Å². The Morgan fingerprint density at radius 2 is 1.75 bits per heavy atom. The minimum absolute atomic E-state index is 0.708. The minimum atomic E-state index is 0.708. The molecular weight excluding hydrogens is 198 g/mol. The van der Waals surface area contributed by atoms with Gasteiger partial charge in [-0.2, -0.15) is 4.99 Å². The lowest BCUT2D eigenvalue weighted by Crippen LogP contribution is -1.84. The van der Waals surface area contributed by atoms with Crippen molar-refractivity contribution in [1.82, 2.24) is 0 Å². The van der Waals surface area contributed by atoms with Crippen molar-refractivity contribution in [3.63, 3.8) is 0 Å². The Morgan fingerprint density at radius 1 is 1.00 bits per heavy atom. The van der Waals surface area contributed by atoms with Crippen LogP contribution >= 0.6 is 0 Å². The van der Waals surface area contributed by atoms with Crippen LogP contribution in [0.4, 0.5) is 5.69 Å². The Bertz CT molecular complexity index is 593. The van der Waals surface area contributed by atoms with Crippen LogP contribution in [-0.2, 0) is 11.2 Å². The third-order valence-electron chi connectivity index (χ3n) is 2.90. The summed E-state index contributed by atoms with van der Waals surface area (Å²) in [7, 11) is 0. The molecule has 4 bridgehead atoms. The third kappa shape index (κ3) is 1.37. The molecule has 0 N–H and O–H groups in total. The molecule has 76 valence electrons. The van der Waals surface area contributed by atoms with Crippen molar-refractivity contribution in [2.24, 2.45) is 4.99 Å². The Morgan fingerprint density at radius 3 is 2.50 bits per heavy atom. The van der Waals surface area contributed by atoms with E-state index in [4.69, 9.17) is 0 Å². The first-order chi connectivity index (χ1) is 7.86. The molecule has 16 heavy (non-hydrogen) atoms. The molecule has 0 aliphatic heterocycles. The lowest BCUT2D eigenvalue weighted by atomic mass is 10.0. The minimum Gasteiger partial charge on any atom is -0.211 e. The van der Waals surface area contributed by atoms with Crippen molar-refractivity contribution in [1.29, 1.82) is 0 Å². The maximum absolute atomic E-state index is 10.4. The summed E-state index contributed by atoms with van der Waals surface area (Å²) in [5, 5.41) is 0. The molecule has 0 amide bonds. The molecule has 2 heteroatoms. The van der Waals surface area contributed by atoms with Crippen molar-refractivity contribution in [2.75, 3.05) is 0 Å². The molecule has 4 aliphatic carbocycles. The summed E-state index contributed by atoms with van der Waals surface area (Å²) in [6, 6.07) is 14.4. The molecule has 0 spiro atoms. The van der Waals surface area contributed by atoms with Crippen molar-refractivity contribution < 1.29 is 4.79 Å². The smallest absolute Gasteiger partial charge is 0.211 e. The summed E-state index contributed by atoms with van der Waals surface area (Å²) in [5.41, 5.74) is 5.23. The Hall–Kier alpha value is -2.18. The quantitative estimate of drug-likeness (QED) is 0.445. The maximum atomic E-state index is 10.4. The lowest BCUT2D eigenvalue weighted by molar-refractivity contribution is 0.565. The molecule has 0 saturated carbocycles. The lowest BCUT2D eigenvalue weighted by Gasteiger charge is -2.03. The molecule has 2 nitrogen and oxygen atoms in total. The van der Waals surface area contributed by atoms with Gasteiger partial charge in [-0.1, -0.05) is 36.4 Å². The van der Waals surface area contributed by atoms with Crippen molar-refractivity contribution in [3.8, 4) is 11.1 Å².